The summed E-state index contributed by atoms with van der Waals surface area (Å²) in [7, 11) is -1.21. The van der Waals surface area contributed by atoms with E-state index in [-0.39, 0.29) is 17.6 Å². The van der Waals surface area contributed by atoms with E-state index in [9.17, 15) is 4.21 Å². The zero-order valence-corrected chi connectivity index (χ0v) is 11.7. The first-order valence-electron chi connectivity index (χ1n) is 6.01. The van der Waals surface area contributed by atoms with E-state index in [1.54, 1.807) is 6.92 Å². The summed E-state index contributed by atoms with van der Waals surface area (Å²) in [5, 5.41) is 12.3. The number of benzene rings is 1. The maximum Gasteiger partial charge on any atom is 0.242 e. The third kappa shape index (κ3) is 3.08. The molecule has 0 fully saturated rings. The number of aliphatic hydroxyl groups is 1. The zero-order valence-electron chi connectivity index (χ0n) is 10.9. The molecule has 2 atom stereocenters. The van der Waals surface area contributed by atoms with Gasteiger partial charge in [-0.3, -0.25) is 4.21 Å². The van der Waals surface area contributed by atoms with Crippen LogP contribution in [0.3, 0.4) is 0 Å². The summed E-state index contributed by atoms with van der Waals surface area (Å²) < 4.78 is 16.9. The van der Waals surface area contributed by atoms with Crippen LogP contribution < -0.4 is 0 Å². The molecule has 0 saturated carbocycles. The number of hydrogen-bond donors (Lipinski definition) is 1. The number of aryl methyl sites for hydroxylation is 1. The first-order valence-corrected chi connectivity index (χ1v) is 7.39. The topological polar surface area (TPSA) is 76.2 Å². The highest BCUT2D eigenvalue weighted by Gasteiger charge is 2.20. The molecule has 0 saturated heterocycles. The van der Waals surface area contributed by atoms with E-state index in [1.807, 2.05) is 31.2 Å². The number of aliphatic hydroxyl groups excluding tert-OH is 1. The van der Waals surface area contributed by atoms with Crippen molar-refractivity contribution in [2.75, 3.05) is 12.4 Å². The highest BCUT2D eigenvalue weighted by Crippen LogP contribution is 2.23. The summed E-state index contributed by atoms with van der Waals surface area (Å²) in [4.78, 5) is 4.29. The van der Waals surface area contributed by atoms with Gasteiger partial charge in [-0.05, 0) is 19.4 Å². The molecule has 2 rings (SSSR count). The second-order valence-electron chi connectivity index (χ2n) is 4.22. The first kappa shape index (κ1) is 13.9. The minimum Gasteiger partial charge on any atom is -0.395 e. The van der Waals surface area contributed by atoms with Crippen molar-refractivity contribution in [2.24, 2.45) is 0 Å². The molecule has 102 valence electrons. The van der Waals surface area contributed by atoms with Gasteiger partial charge in [-0.25, -0.2) is 0 Å². The molecule has 0 aliphatic heterocycles. The van der Waals surface area contributed by atoms with E-state index in [1.165, 1.54) is 0 Å². The Labute approximate surface area is 114 Å². The maximum atomic E-state index is 11.8. The molecule has 2 unspecified atom stereocenters. The van der Waals surface area contributed by atoms with Crippen molar-refractivity contribution in [2.45, 2.75) is 19.1 Å². The minimum absolute atomic E-state index is 0.115. The van der Waals surface area contributed by atoms with Crippen LogP contribution in [0.15, 0.2) is 28.8 Å². The summed E-state index contributed by atoms with van der Waals surface area (Å²) >= 11 is 0. The molecule has 0 amide bonds. The van der Waals surface area contributed by atoms with Gasteiger partial charge in [0.15, 0.2) is 0 Å². The van der Waals surface area contributed by atoms with Crippen molar-refractivity contribution in [3.63, 3.8) is 0 Å². The summed E-state index contributed by atoms with van der Waals surface area (Å²) in [5.41, 5.74) is 1.96. The second-order valence-corrected chi connectivity index (χ2v) is 6.10. The van der Waals surface area contributed by atoms with E-state index in [0.29, 0.717) is 11.7 Å². The predicted molar refractivity (Wildman–Crippen MR) is 73.0 cm³/mol. The van der Waals surface area contributed by atoms with Crippen LogP contribution >= 0.6 is 0 Å². The Hall–Kier alpha value is -1.53. The summed E-state index contributed by atoms with van der Waals surface area (Å²) in [6.07, 6.45) is 0. The lowest BCUT2D eigenvalue weighted by Gasteiger charge is -2.04. The lowest BCUT2D eigenvalue weighted by Crippen LogP contribution is -2.09. The van der Waals surface area contributed by atoms with Crippen LogP contribution in [0.1, 0.15) is 23.6 Å². The van der Waals surface area contributed by atoms with Crippen LogP contribution in [0.4, 0.5) is 0 Å². The van der Waals surface area contributed by atoms with Gasteiger partial charge in [0.05, 0.1) is 6.61 Å². The second kappa shape index (κ2) is 6.08. The molecular formula is C13H16N2O3S. The van der Waals surface area contributed by atoms with Crippen molar-refractivity contribution in [1.82, 2.24) is 10.1 Å². The molecule has 5 nitrogen and oxygen atoms in total. The third-order valence-corrected chi connectivity index (χ3v) is 4.44. The van der Waals surface area contributed by atoms with Crippen LogP contribution in [-0.4, -0.2) is 31.8 Å². The molecule has 19 heavy (non-hydrogen) atoms. The monoisotopic (exact) mass is 280 g/mol. The molecule has 6 heteroatoms. The Morgan fingerprint density at radius 1 is 1.42 bits per heavy atom. The Morgan fingerprint density at radius 3 is 2.84 bits per heavy atom. The fraction of sp³-hybridized carbons (Fsp3) is 0.385. The Balaban J connectivity index is 2.24. The summed E-state index contributed by atoms with van der Waals surface area (Å²) in [5.74, 6) is 1.05. The minimum atomic E-state index is -1.21. The van der Waals surface area contributed by atoms with Crippen molar-refractivity contribution in [3.8, 4) is 11.4 Å². The fourth-order valence-corrected chi connectivity index (χ4v) is 2.57. The molecule has 1 aromatic heterocycles. The standard InChI is InChI=1S/C13H16N2O3S/c1-9-5-3-4-6-11(9)12-14-13(18-15-12)10(2)19(17)8-7-16/h3-6,10,16H,7-8H2,1-2H3. The first-order chi connectivity index (χ1) is 9.13. The number of aromatic nitrogens is 2. The van der Waals surface area contributed by atoms with Crippen molar-refractivity contribution in [1.29, 1.82) is 0 Å². The van der Waals surface area contributed by atoms with E-state index >= 15 is 0 Å². The van der Waals surface area contributed by atoms with Gasteiger partial charge in [-0.1, -0.05) is 29.4 Å². The van der Waals surface area contributed by atoms with Crippen LogP contribution in [0.2, 0.25) is 0 Å². The lowest BCUT2D eigenvalue weighted by atomic mass is 10.1. The Bertz CT molecular complexity index is 583. The highest BCUT2D eigenvalue weighted by atomic mass is 32.2. The lowest BCUT2D eigenvalue weighted by molar-refractivity contribution is 0.320. The Morgan fingerprint density at radius 2 is 2.16 bits per heavy atom. The van der Waals surface area contributed by atoms with E-state index < -0.39 is 10.8 Å². The van der Waals surface area contributed by atoms with Gasteiger partial charge in [-0.15, -0.1) is 0 Å². The SMILES string of the molecule is Cc1ccccc1-c1noc(C(C)S(=O)CCO)n1. The van der Waals surface area contributed by atoms with Crippen molar-refractivity contribution < 1.29 is 13.8 Å². The van der Waals surface area contributed by atoms with Crippen LogP contribution in [0.5, 0.6) is 0 Å². The van der Waals surface area contributed by atoms with Gasteiger partial charge >= 0.3 is 0 Å². The normalized spacial score (nSPS) is 14.3. The predicted octanol–water partition coefficient (Wildman–Crippen LogP) is 1.85. The number of nitrogens with zero attached hydrogens (tertiary/aromatic N) is 2. The van der Waals surface area contributed by atoms with Gasteiger partial charge in [0, 0.05) is 22.1 Å². The van der Waals surface area contributed by atoms with Crippen LogP contribution in [-0.2, 0) is 10.8 Å². The van der Waals surface area contributed by atoms with Gasteiger partial charge < -0.3 is 9.63 Å². The van der Waals surface area contributed by atoms with E-state index in [0.717, 1.165) is 11.1 Å². The summed E-state index contributed by atoms with van der Waals surface area (Å²) in [6.45, 7) is 3.61. The van der Waals surface area contributed by atoms with Gasteiger partial charge in [-0.2, -0.15) is 4.98 Å². The molecule has 0 aliphatic carbocycles. The van der Waals surface area contributed by atoms with Gasteiger partial charge in [0.2, 0.25) is 11.7 Å². The van der Waals surface area contributed by atoms with Crippen molar-refractivity contribution in [3.05, 3.63) is 35.7 Å². The average Bonchev–Trinajstić information content (AvgIpc) is 2.88. The highest BCUT2D eigenvalue weighted by molar-refractivity contribution is 7.85. The largest absolute Gasteiger partial charge is 0.395 e. The van der Waals surface area contributed by atoms with Gasteiger partial charge in [0.25, 0.3) is 0 Å². The van der Waals surface area contributed by atoms with Crippen LogP contribution in [0.25, 0.3) is 11.4 Å². The zero-order chi connectivity index (χ0) is 13.8. The maximum absolute atomic E-state index is 11.8. The average molecular weight is 280 g/mol. The molecule has 1 heterocycles. The van der Waals surface area contributed by atoms with Gasteiger partial charge in [0.1, 0.15) is 5.25 Å². The molecule has 1 aromatic carbocycles. The van der Waals surface area contributed by atoms with Crippen molar-refractivity contribution >= 4 is 10.8 Å². The smallest absolute Gasteiger partial charge is 0.242 e. The molecule has 1 N–H and O–H groups in total. The Kier molecular flexibility index (Phi) is 4.44. The van der Waals surface area contributed by atoms with E-state index in [2.05, 4.69) is 10.1 Å². The molecule has 2 aromatic rings. The molecule has 0 aliphatic rings. The molecular weight excluding hydrogens is 264 g/mol. The quantitative estimate of drug-likeness (QED) is 0.904. The molecule has 0 bridgehead atoms. The number of rotatable bonds is 5. The summed E-state index contributed by atoms with van der Waals surface area (Å²) in [6, 6.07) is 7.74. The van der Waals surface area contributed by atoms with Crippen LogP contribution in [0, 0.1) is 6.92 Å². The molecule has 0 radical (unpaired) electrons. The molecule has 0 spiro atoms. The number of hydrogen-bond acceptors (Lipinski definition) is 5. The van der Waals surface area contributed by atoms with E-state index in [4.69, 9.17) is 9.63 Å². The third-order valence-electron chi connectivity index (χ3n) is 2.86. The fourth-order valence-electron chi connectivity index (χ4n) is 1.71.